The SMILES string of the molecule is CN(C)Cc1cc(-c2nc(-c3ccc4c(=O)[nH]cc(F)c4c3)c(N)nc2F)c(F)cc1N1CCOCC1. The second-order valence-corrected chi connectivity index (χ2v) is 9.12. The van der Waals surface area contributed by atoms with Crippen LogP contribution in [0.1, 0.15) is 5.56 Å². The average Bonchev–Trinajstić information content (AvgIpc) is 2.87. The van der Waals surface area contributed by atoms with Crippen LogP contribution < -0.4 is 16.2 Å². The number of fused-ring (bicyclic) bond motifs is 1. The number of nitrogens with two attached hydrogens (primary N) is 1. The third kappa shape index (κ3) is 4.75. The van der Waals surface area contributed by atoms with Crippen molar-refractivity contribution in [3.8, 4) is 22.5 Å². The van der Waals surface area contributed by atoms with Crippen molar-refractivity contribution in [3.05, 3.63) is 70.0 Å². The molecule has 0 radical (unpaired) electrons. The molecule has 0 unspecified atom stereocenters. The summed E-state index contributed by atoms with van der Waals surface area (Å²) in [4.78, 5) is 26.4. The van der Waals surface area contributed by atoms with Gasteiger partial charge in [0.2, 0.25) is 5.95 Å². The molecule has 192 valence electrons. The van der Waals surface area contributed by atoms with Crippen molar-refractivity contribution in [1.29, 1.82) is 0 Å². The molecule has 0 saturated carbocycles. The Morgan fingerprint density at radius 3 is 2.51 bits per heavy atom. The lowest BCUT2D eigenvalue weighted by atomic mass is 10.0. The van der Waals surface area contributed by atoms with Crippen molar-refractivity contribution in [3.63, 3.8) is 0 Å². The topological polar surface area (TPSA) is 100 Å². The van der Waals surface area contributed by atoms with Crippen molar-refractivity contribution in [1.82, 2.24) is 19.9 Å². The van der Waals surface area contributed by atoms with Gasteiger partial charge in [-0.05, 0) is 43.9 Å². The van der Waals surface area contributed by atoms with E-state index in [1.807, 2.05) is 23.9 Å². The summed E-state index contributed by atoms with van der Waals surface area (Å²) in [5.74, 6) is -2.59. The number of benzene rings is 2. The number of pyridine rings is 1. The zero-order chi connectivity index (χ0) is 26.3. The van der Waals surface area contributed by atoms with Crippen LogP contribution in [0, 0.1) is 17.6 Å². The van der Waals surface area contributed by atoms with E-state index in [9.17, 15) is 9.18 Å². The molecule has 1 aliphatic rings. The Morgan fingerprint density at radius 2 is 1.78 bits per heavy atom. The fraction of sp³-hybridized carbons (Fsp3) is 0.269. The molecule has 2 aromatic carbocycles. The van der Waals surface area contributed by atoms with E-state index in [0.717, 1.165) is 11.8 Å². The van der Waals surface area contributed by atoms with E-state index in [1.165, 1.54) is 24.3 Å². The van der Waals surface area contributed by atoms with Crippen LogP contribution in [0.4, 0.5) is 24.7 Å². The van der Waals surface area contributed by atoms with E-state index >= 15 is 8.78 Å². The van der Waals surface area contributed by atoms with Crippen molar-refractivity contribution in [2.24, 2.45) is 0 Å². The maximum Gasteiger partial charge on any atom is 0.256 e. The van der Waals surface area contributed by atoms with Gasteiger partial charge >= 0.3 is 0 Å². The predicted octanol–water partition coefficient (Wildman–Crippen LogP) is 3.55. The molecule has 37 heavy (non-hydrogen) atoms. The van der Waals surface area contributed by atoms with Crippen molar-refractivity contribution in [2.75, 3.05) is 51.0 Å². The summed E-state index contributed by atoms with van der Waals surface area (Å²) in [7, 11) is 3.77. The van der Waals surface area contributed by atoms with Crippen LogP contribution in [0.5, 0.6) is 0 Å². The van der Waals surface area contributed by atoms with Crippen LogP contribution in [0.3, 0.4) is 0 Å². The Balaban J connectivity index is 1.65. The van der Waals surface area contributed by atoms with Crippen LogP contribution in [0.25, 0.3) is 33.3 Å². The Hall–Kier alpha value is -3.96. The van der Waals surface area contributed by atoms with E-state index in [2.05, 4.69) is 15.0 Å². The third-order valence-corrected chi connectivity index (χ3v) is 6.27. The largest absolute Gasteiger partial charge is 0.382 e. The highest BCUT2D eigenvalue weighted by Crippen LogP contribution is 2.35. The number of ether oxygens (including phenoxy) is 1. The maximum absolute atomic E-state index is 15.5. The van der Waals surface area contributed by atoms with Crippen molar-refractivity contribution >= 4 is 22.3 Å². The number of nitrogens with one attached hydrogen (secondary N) is 1. The molecule has 2 aromatic heterocycles. The lowest BCUT2D eigenvalue weighted by Crippen LogP contribution is -2.37. The molecule has 5 rings (SSSR count). The third-order valence-electron chi connectivity index (χ3n) is 6.27. The number of aromatic amines is 1. The number of nitrogen functional groups attached to an aromatic ring is 1. The normalized spacial score (nSPS) is 14.1. The lowest BCUT2D eigenvalue weighted by molar-refractivity contribution is 0.122. The average molecular weight is 511 g/mol. The fourth-order valence-electron chi connectivity index (χ4n) is 4.54. The van der Waals surface area contributed by atoms with Gasteiger partial charge in [0.25, 0.3) is 5.56 Å². The molecule has 8 nitrogen and oxygen atoms in total. The molecule has 0 bridgehead atoms. The van der Waals surface area contributed by atoms with Crippen LogP contribution in [-0.4, -0.2) is 60.3 Å². The van der Waals surface area contributed by atoms with Crippen LogP contribution in [-0.2, 0) is 11.3 Å². The molecular weight excluding hydrogens is 485 g/mol. The van der Waals surface area contributed by atoms with Crippen LogP contribution in [0.15, 0.2) is 41.3 Å². The highest BCUT2D eigenvalue weighted by Gasteiger charge is 2.23. The Bertz CT molecular complexity index is 1550. The first-order chi connectivity index (χ1) is 17.7. The van der Waals surface area contributed by atoms with E-state index in [-0.39, 0.29) is 33.5 Å². The number of anilines is 2. The van der Waals surface area contributed by atoms with Gasteiger partial charge in [-0.15, -0.1) is 0 Å². The first kappa shape index (κ1) is 24.7. The standard InChI is InChI=1S/C26H25F3N6O2/c1-34(2)13-15-10-18(19(27)11-21(15)35-5-7-37-8-6-35)23-24(29)33-25(30)22(32-23)14-3-4-16-17(9-14)20(28)12-31-26(16)36/h3-4,9-12H,5-8,13H2,1-2H3,(H2,30,33)(H,31,36). The first-order valence-electron chi connectivity index (χ1n) is 11.7. The van der Waals surface area contributed by atoms with Gasteiger partial charge in [-0.3, -0.25) is 4.79 Å². The summed E-state index contributed by atoms with van der Waals surface area (Å²) in [6.45, 7) is 2.77. The minimum atomic E-state index is -1.03. The Kier molecular flexibility index (Phi) is 6.57. The summed E-state index contributed by atoms with van der Waals surface area (Å²) in [6.07, 6.45) is 0.956. The van der Waals surface area contributed by atoms with Gasteiger partial charge in [-0.1, -0.05) is 6.07 Å². The number of hydrogen-bond donors (Lipinski definition) is 2. The molecule has 0 atom stereocenters. The van der Waals surface area contributed by atoms with Gasteiger partial charge in [0.05, 0.1) is 13.2 Å². The van der Waals surface area contributed by atoms with E-state index < -0.39 is 23.1 Å². The van der Waals surface area contributed by atoms with E-state index in [1.54, 1.807) is 6.07 Å². The second-order valence-electron chi connectivity index (χ2n) is 9.12. The first-order valence-corrected chi connectivity index (χ1v) is 11.7. The summed E-state index contributed by atoms with van der Waals surface area (Å²) in [5, 5.41) is 0.179. The molecule has 4 aromatic rings. The molecule has 3 N–H and O–H groups in total. The second kappa shape index (κ2) is 9.83. The zero-order valence-electron chi connectivity index (χ0n) is 20.3. The number of morpholine rings is 1. The highest BCUT2D eigenvalue weighted by atomic mass is 19.1. The van der Waals surface area contributed by atoms with Gasteiger partial charge in [-0.2, -0.15) is 9.37 Å². The number of aromatic nitrogens is 3. The van der Waals surface area contributed by atoms with E-state index in [4.69, 9.17) is 10.5 Å². The number of halogens is 3. The Morgan fingerprint density at radius 1 is 1.03 bits per heavy atom. The minimum absolute atomic E-state index is 0.0441. The predicted molar refractivity (Wildman–Crippen MR) is 136 cm³/mol. The molecular formula is C26H25F3N6O2. The van der Waals surface area contributed by atoms with Crippen LogP contribution in [0.2, 0.25) is 0 Å². The Labute approximate surface area is 210 Å². The number of rotatable bonds is 5. The smallest absolute Gasteiger partial charge is 0.256 e. The molecule has 0 spiro atoms. The molecule has 1 saturated heterocycles. The monoisotopic (exact) mass is 510 g/mol. The maximum atomic E-state index is 15.5. The van der Waals surface area contributed by atoms with Gasteiger partial charge in [0.1, 0.15) is 23.0 Å². The minimum Gasteiger partial charge on any atom is -0.382 e. The zero-order valence-corrected chi connectivity index (χ0v) is 20.3. The quantitative estimate of drug-likeness (QED) is 0.424. The molecule has 1 aliphatic heterocycles. The van der Waals surface area contributed by atoms with Crippen molar-refractivity contribution in [2.45, 2.75) is 6.54 Å². The lowest BCUT2D eigenvalue weighted by Gasteiger charge is -2.31. The molecule has 0 aliphatic carbocycles. The van der Waals surface area contributed by atoms with Crippen molar-refractivity contribution < 1.29 is 17.9 Å². The molecule has 3 heterocycles. The summed E-state index contributed by atoms with van der Waals surface area (Å²) < 4.78 is 50.4. The number of nitrogens with zero attached hydrogens (tertiary/aromatic N) is 4. The van der Waals surface area contributed by atoms with Crippen LogP contribution >= 0.6 is 0 Å². The molecule has 1 fully saturated rings. The summed E-state index contributed by atoms with van der Waals surface area (Å²) in [5.41, 5.74) is 6.97. The highest BCUT2D eigenvalue weighted by molar-refractivity contribution is 5.88. The summed E-state index contributed by atoms with van der Waals surface area (Å²) >= 11 is 0. The van der Waals surface area contributed by atoms with Gasteiger partial charge in [0.15, 0.2) is 5.82 Å². The molecule has 11 heteroatoms. The summed E-state index contributed by atoms with van der Waals surface area (Å²) in [6, 6.07) is 7.27. The number of H-pyrrole nitrogens is 1. The van der Waals surface area contributed by atoms with Gasteiger partial charge < -0.3 is 25.3 Å². The fourth-order valence-corrected chi connectivity index (χ4v) is 4.54. The van der Waals surface area contributed by atoms with Gasteiger partial charge in [0, 0.05) is 53.4 Å². The molecule has 0 amide bonds. The number of hydrogen-bond acceptors (Lipinski definition) is 7. The van der Waals surface area contributed by atoms with Gasteiger partial charge in [-0.25, -0.2) is 13.8 Å². The van der Waals surface area contributed by atoms with E-state index in [0.29, 0.717) is 44.1 Å².